The summed E-state index contributed by atoms with van der Waals surface area (Å²) in [5, 5.41) is 18.4. The average Bonchev–Trinajstić information content (AvgIpc) is 2.75. The molecule has 0 radical (unpaired) electrons. The molecule has 1 aromatic rings. The van der Waals surface area contributed by atoms with Crippen molar-refractivity contribution >= 4 is 0 Å². The lowest BCUT2D eigenvalue weighted by Gasteiger charge is -2.41. The molecule has 1 heterocycles. The Balaban J connectivity index is 1.82. The van der Waals surface area contributed by atoms with Crippen LogP contribution in [0.2, 0.25) is 0 Å². The molecule has 1 atom stereocenters. The molecule has 0 amide bonds. The van der Waals surface area contributed by atoms with Crippen LogP contribution in [0.4, 0.5) is 0 Å². The second kappa shape index (κ2) is 5.86. The number of aliphatic hydroxyl groups is 1. The van der Waals surface area contributed by atoms with Gasteiger partial charge in [0.1, 0.15) is 0 Å². The lowest BCUT2D eigenvalue weighted by molar-refractivity contribution is -0.0374. The largest absolute Gasteiger partial charge is 0.389 e. The second-order valence-electron chi connectivity index (χ2n) is 7.44. The molecule has 4 nitrogen and oxygen atoms in total. The van der Waals surface area contributed by atoms with Crippen molar-refractivity contribution < 1.29 is 5.11 Å². The van der Waals surface area contributed by atoms with Crippen molar-refractivity contribution in [2.75, 3.05) is 6.54 Å². The fourth-order valence-corrected chi connectivity index (χ4v) is 3.31. The van der Waals surface area contributed by atoms with Crippen molar-refractivity contribution in [2.24, 2.45) is 5.41 Å². The van der Waals surface area contributed by atoms with Crippen molar-refractivity contribution in [3.63, 3.8) is 0 Å². The summed E-state index contributed by atoms with van der Waals surface area (Å²) in [6.45, 7) is 10.2. The molecule has 1 saturated carbocycles. The molecule has 1 aliphatic carbocycles. The molecule has 1 aromatic heterocycles. The Morgan fingerprint density at radius 2 is 2.15 bits per heavy atom. The number of nitrogens with one attached hydrogen (secondary N) is 1. The van der Waals surface area contributed by atoms with E-state index in [1.165, 1.54) is 12.0 Å². The first-order valence-electron chi connectivity index (χ1n) is 7.76. The van der Waals surface area contributed by atoms with E-state index in [2.05, 4.69) is 44.3 Å². The second-order valence-corrected chi connectivity index (χ2v) is 7.44. The highest BCUT2D eigenvalue weighted by Crippen LogP contribution is 2.40. The van der Waals surface area contributed by atoms with Crippen LogP contribution in [-0.4, -0.2) is 27.0 Å². The predicted octanol–water partition coefficient (Wildman–Crippen LogP) is 2.88. The number of rotatable bonds is 5. The van der Waals surface area contributed by atoms with E-state index >= 15 is 0 Å². The Labute approximate surface area is 122 Å². The highest BCUT2D eigenvalue weighted by Gasteiger charge is 2.37. The zero-order valence-electron chi connectivity index (χ0n) is 13.3. The van der Waals surface area contributed by atoms with E-state index < -0.39 is 5.60 Å². The van der Waals surface area contributed by atoms with E-state index in [0.717, 1.165) is 25.8 Å². The van der Waals surface area contributed by atoms with Gasteiger partial charge in [0.25, 0.3) is 0 Å². The molecule has 114 valence electrons. The molecule has 0 aliphatic heterocycles. The van der Waals surface area contributed by atoms with Gasteiger partial charge in [0, 0.05) is 30.9 Å². The van der Waals surface area contributed by atoms with Gasteiger partial charge in [-0.25, -0.2) is 0 Å². The molecule has 0 spiro atoms. The van der Waals surface area contributed by atoms with Crippen LogP contribution in [0, 0.1) is 5.41 Å². The Hall–Kier alpha value is -0.870. The first-order valence-corrected chi connectivity index (χ1v) is 7.76. The first kappa shape index (κ1) is 15.5. The van der Waals surface area contributed by atoms with Crippen LogP contribution in [0.15, 0.2) is 12.4 Å². The molecule has 0 bridgehead atoms. The van der Waals surface area contributed by atoms with Gasteiger partial charge in [-0.1, -0.05) is 20.3 Å². The Bertz CT molecular complexity index is 439. The molecule has 1 fully saturated rings. The molecule has 0 saturated heterocycles. The lowest BCUT2D eigenvalue weighted by Crippen LogP contribution is -2.46. The molecule has 2 N–H and O–H groups in total. The summed E-state index contributed by atoms with van der Waals surface area (Å²) in [5.74, 6) is 0. The quantitative estimate of drug-likeness (QED) is 0.871. The third-order valence-corrected chi connectivity index (χ3v) is 4.27. The highest BCUT2D eigenvalue weighted by molar-refractivity contribution is 5.04. The molecular weight excluding hydrogens is 250 g/mol. The van der Waals surface area contributed by atoms with Gasteiger partial charge >= 0.3 is 0 Å². The Kier molecular flexibility index (Phi) is 4.55. The maximum atomic E-state index is 10.7. The van der Waals surface area contributed by atoms with Gasteiger partial charge in [0.05, 0.1) is 11.8 Å². The van der Waals surface area contributed by atoms with Gasteiger partial charge in [0.15, 0.2) is 0 Å². The van der Waals surface area contributed by atoms with Crippen molar-refractivity contribution in [1.82, 2.24) is 15.1 Å². The van der Waals surface area contributed by atoms with E-state index in [0.29, 0.717) is 12.6 Å². The van der Waals surface area contributed by atoms with E-state index in [4.69, 9.17) is 0 Å². The SMILES string of the molecule is CC(C)n1cc(CNC[C@]2(O)CCCC(C)(C)C2)cn1. The Morgan fingerprint density at radius 1 is 1.40 bits per heavy atom. The van der Waals surface area contributed by atoms with E-state index in [9.17, 15) is 5.11 Å². The van der Waals surface area contributed by atoms with Crippen LogP contribution in [0.5, 0.6) is 0 Å². The van der Waals surface area contributed by atoms with Crippen molar-refractivity contribution in [2.45, 2.75) is 71.6 Å². The topological polar surface area (TPSA) is 50.1 Å². The van der Waals surface area contributed by atoms with Crippen molar-refractivity contribution in [3.05, 3.63) is 18.0 Å². The number of hydrogen-bond acceptors (Lipinski definition) is 3. The first-order chi connectivity index (χ1) is 9.30. The minimum Gasteiger partial charge on any atom is -0.389 e. The molecule has 0 aromatic carbocycles. The molecule has 2 rings (SSSR count). The normalized spacial score (nSPS) is 26.1. The van der Waals surface area contributed by atoms with Gasteiger partial charge in [-0.05, 0) is 38.5 Å². The highest BCUT2D eigenvalue weighted by atomic mass is 16.3. The number of nitrogens with zero attached hydrogens (tertiary/aromatic N) is 2. The average molecular weight is 279 g/mol. The summed E-state index contributed by atoms with van der Waals surface area (Å²) < 4.78 is 1.97. The number of hydrogen-bond donors (Lipinski definition) is 2. The zero-order chi connectivity index (χ0) is 14.8. The van der Waals surface area contributed by atoms with Crippen molar-refractivity contribution in [1.29, 1.82) is 0 Å². The van der Waals surface area contributed by atoms with Gasteiger partial charge < -0.3 is 10.4 Å². The summed E-state index contributed by atoms with van der Waals surface area (Å²) >= 11 is 0. The van der Waals surface area contributed by atoms with Gasteiger partial charge in [0.2, 0.25) is 0 Å². The van der Waals surface area contributed by atoms with E-state index in [1.807, 2.05) is 10.9 Å². The summed E-state index contributed by atoms with van der Waals surface area (Å²) in [7, 11) is 0. The third-order valence-electron chi connectivity index (χ3n) is 4.27. The molecule has 20 heavy (non-hydrogen) atoms. The molecule has 4 heteroatoms. The standard InChI is InChI=1S/C16H29N3O/c1-13(2)19-10-14(9-18-19)8-17-12-16(20)7-5-6-15(3,4)11-16/h9-10,13,17,20H,5-8,11-12H2,1-4H3/t16-/m0/s1. The molecule has 1 aliphatic rings. The zero-order valence-corrected chi connectivity index (χ0v) is 13.3. The smallest absolute Gasteiger partial charge is 0.0776 e. The van der Waals surface area contributed by atoms with Crippen LogP contribution in [0.25, 0.3) is 0 Å². The maximum Gasteiger partial charge on any atom is 0.0776 e. The monoisotopic (exact) mass is 279 g/mol. The summed E-state index contributed by atoms with van der Waals surface area (Å²) in [4.78, 5) is 0. The molecule has 0 unspecified atom stereocenters. The van der Waals surface area contributed by atoms with Crippen LogP contribution < -0.4 is 5.32 Å². The summed E-state index contributed by atoms with van der Waals surface area (Å²) in [6.07, 6.45) is 8.12. The van der Waals surface area contributed by atoms with Crippen LogP contribution in [0.1, 0.15) is 65.0 Å². The van der Waals surface area contributed by atoms with Crippen molar-refractivity contribution in [3.8, 4) is 0 Å². The van der Waals surface area contributed by atoms with Gasteiger partial charge in [-0.3, -0.25) is 4.68 Å². The van der Waals surface area contributed by atoms with Crippen LogP contribution in [-0.2, 0) is 6.54 Å². The Morgan fingerprint density at radius 3 is 2.75 bits per heavy atom. The minimum atomic E-state index is -0.546. The van der Waals surface area contributed by atoms with Gasteiger partial charge in [-0.2, -0.15) is 5.10 Å². The minimum absolute atomic E-state index is 0.261. The van der Waals surface area contributed by atoms with E-state index in [1.54, 1.807) is 0 Å². The van der Waals surface area contributed by atoms with Gasteiger partial charge in [-0.15, -0.1) is 0 Å². The maximum absolute atomic E-state index is 10.7. The lowest BCUT2D eigenvalue weighted by atomic mass is 9.70. The fourth-order valence-electron chi connectivity index (χ4n) is 3.31. The predicted molar refractivity (Wildman–Crippen MR) is 81.5 cm³/mol. The van der Waals surface area contributed by atoms with Crippen LogP contribution >= 0.6 is 0 Å². The van der Waals surface area contributed by atoms with Crippen LogP contribution in [0.3, 0.4) is 0 Å². The number of aromatic nitrogens is 2. The molecular formula is C16H29N3O. The summed E-state index contributed by atoms with van der Waals surface area (Å²) in [5.41, 5.74) is 0.893. The fraction of sp³-hybridized carbons (Fsp3) is 0.812. The summed E-state index contributed by atoms with van der Waals surface area (Å²) in [6, 6.07) is 0.395. The third kappa shape index (κ3) is 4.06. The van der Waals surface area contributed by atoms with E-state index in [-0.39, 0.29) is 5.41 Å².